The summed E-state index contributed by atoms with van der Waals surface area (Å²) in [5.41, 5.74) is 5.91. The summed E-state index contributed by atoms with van der Waals surface area (Å²) in [6.45, 7) is 0.980. The minimum absolute atomic E-state index is 0.232. The lowest BCUT2D eigenvalue weighted by Crippen LogP contribution is -2.41. The lowest BCUT2D eigenvalue weighted by atomic mass is 9.55. The number of amides is 3. The highest BCUT2D eigenvalue weighted by molar-refractivity contribution is 6.09. The van der Waals surface area contributed by atoms with Crippen molar-refractivity contribution < 1.29 is 23.9 Å². The van der Waals surface area contributed by atoms with Crippen molar-refractivity contribution in [3.8, 4) is 0 Å². The maximum atomic E-state index is 13.6. The number of hydrogen-bond acceptors (Lipinski definition) is 5. The number of likely N-dealkylation sites (tertiary alicyclic amines) is 1. The van der Waals surface area contributed by atoms with Gasteiger partial charge in [0.05, 0.1) is 11.8 Å². The van der Waals surface area contributed by atoms with E-state index in [1.807, 2.05) is 73.7 Å². The second-order valence-electron chi connectivity index (χ2n) is 9.75. The van der Waals surface area contributed by atoms with E-state index in [1.165, 1.54) is 0 Å². The Hall–Kier alpha value is -4.26. The van der Waals surface area contributed by atoms with E-state index in [2.05, 4.69) is 5.32 Å². The van der Waals surface area contributed by atoms with Crippen LogP contribution in [0, 0.1) is 11.8 Å². The summed E-state index contributed by atoms with van der Waals surface area (Å²) in [6.07, 6.45) is 0.744. The number of carbonyl (C=O) groups is 4. The van der Waals surface area contributed by atoms with Crippen LogP contribution in [0.15, 0.2) is 72.8 Å². The molecule has 0 aromatic heterocycles. The van der Waals surface area contributed by atoms with E-state index in [0.717, 1.165) is 39.1 Å². The molecule has 1 aliphatic heterocycles. The predicted octanol–water partition coefficient (Wildman–Crippen LogP) is 3.62. The van der Waals surface area contributed by atoms with Crippen LogP contribution in [0.5, 0.6) is 0 Å². The number of ether oxygens (including phenoxy) is 1. The van der Waals surface area contributed by atoms with Crippen molar-refractivity contribution in [1.29, 1.82) is 0 Å². The van der Waals surface area contributed by atoms with Crippen molar-refractivity contribution >= 4 is 29.4 Å². The average molecular weight is 495 g/mol. The smallest absolute Gasteiger partial charge is 0.326 e. The molecule has 0 unspecified atom stereocenters. The topological polar surface area (TPSA) is 92.8 Å². The molecule has 2 atom stereocenters. The summed E-state index contributed by atoms with van der Waals surface area (Å²) in [4.78, 5) is 53.2. The zero-order valence-corrected chi connectivity index (χ0v) is 20.3. The van der Waals surface area contributed by atoms with Crippen molar-refractivity contribution in [2.75, 3.05) is 18.5 Å². The minimum atomic E-state index is -0.790. The average Bonchev–Trinajstić information content (AvgIpc) is 3.17. The number of aryl methyl sites for hydroxylation is 1. The molecule has 1 fully saturated rings. The van der Waals surface area contributed by atoms with Crippen LogP contribution >= 0.6 is 0 Å². The first kappa shape index (κ1) is 23.2. The van der Waals surface area contributed by atoms with E-state index < -0.39 is 36.9 Å². The van der Waals surface area contributed by atoms with Gasteiger partial charge in [-0.3, -0.25) is 24.1 Å². The summed E-state index contributed by atoms with van der Waals surface area (Å²) in [5.74, 6) is -3.55. The van der Waals surface area contributed by atoms with Crippen LogP contribution in [-0.2, 0) is 30.3 Å². The molecule has 37 heavy (non-hydrogen) atoms. The molecule has 0 spiro atoms. The first-order chi connectivity index (χ1) is 18.0. The van der Waals surface area contributed by atoms with Crippen LogP contribution in [0.25, 0.3) is 0 Å². The van der Waals surface area contributed by atoms with E-state index in [4.69, 9.17) is 4.74 Å². The molecule has 7 heteroatoms. The summed E-state index contributed by atoms with van der Waals surface area (Å²) in [7, 11) is 0. The standard InChI is InChI=1S/C30H26N2O5/c1-2-17-9-3-8-14-22(17)31-23(33)16-37-24(34)15-32-29(35)27-25-18-10-4-5-11-19(18)26(28(27)30(32)36)21-13-7-6-12-20(21)25/h3-14,25-28H,2,15-16H2,1H3,(H,31,33)/t25?,26?,27-,28-/m0/s1. The minimum Gasteiger partial charge on any atom is -0.454 e. The number of para-hydroxylation sites is 1. The van der Waals surface area contributed by atoms with E-state index in [0.29, 0.717) is 5.69 Å². The van der Waals surface area contributed by atoms with Crippen molar-refractivity contribution in [3.05, 3.63) is 101 Å². The highest BCUT2D eigenvalue weighted by Crippen LogP contribution is 2.60. The first-order valence-corrected chi connectivity index (χ1v) is 12.6. The van der Waals surface area contributed by atoms with Crippen LogP contribution < -0.4 is 5.32 Å². The molecular weight excluding hydrogens is 468 g/mol. The van der Waals surface area contributed by atoms with E-state index >= 15 is 0 Å². The van der Waals surface area contributed by atoms with Gasteiger partial charge in [0.1, 0.15) is 6.54 Å². The van der Waals surface area contributed by atoms with Gasteiger partial charge in [-0.15, -0.1) is 0 Å². The molecule has 1 heterocycles. The maximum Gasteiger partial charge on any atom is 0.326 e. The molecule has 7 rings (SSSR count). The molecule has 3 amide bonds. The molecule has 3 aromatic rings. The number of carbonyl (C=O) groups excluding carboxylic acids is 4. The number of benzene rings is 3. The normalized spacial score (nSPS) is 22.8. The van der Waals surface area contributed by atoms with Crippen LogP contribution in [0.2, 0.25) is 0 Å². The van der Waals surface area contributed by atoms with Gasteiger partial charge in [-0.25, -0.2) is 0 Å². The summed E-state index contributed by atoms with van der Waals surface area (Å²) >= 11 is 0. The van der Waals surface area contributed by atoms with Gasteiger partial charge in [0.2, 0.25) is 11.8 Å². The molecule has 0 saturated carbocycles. The van der Waals surface area contributed by atoms with E-state index in [9.17, 15) is 19.2 Å². The Balaban J connectivity index is 1.18. The van der Waals surface area contributed by atoms with Crippen LogP contribution in [-0.4, -0.2) is 41.7 Å². The number of hydrogen-bond donors (Lipinski definition) is 1. The van der Waals surface area contributed by atoms with Crippen molar-refractivity contribution in [1.82, 2.24) is 4.90 Å². The molecule has 0 radical (unpaired) electrons. The Bertz CT molecular complexity index is 1330. The van der Waals surface area contributed by atoms with E-state index in [-0.39, 0.29) is 23.7 Å². The predicted molar refractivity (Wildman–Crippen MR) is 136 cm³/mol. The fourth-order valence-electron chi connectivity index (χ4n) is 6.35. The lowest BCUT2D eigenvalue weighted by molar-refractivity contribution is -0.154. The zero-order valence-electron chi connectivity index (χ0n) is 20.3. The third-order valence-electron chi connectivity index (χ3n) is 7.86. The fourth-order valence-corrected chi connectivity index (χ4v) is 6.35. The van der Waals surface area contributed by atoms with Gasteiger partial charge in [-0.2, -0.15) is 0 Å². The van der Waals surface area contributed by atoms with Gasteiger partial charge < -0.3 is 10.1 Å². The fraction of sp³-hybridized carbons (Fsp3) is 0.267. The molecule has 2 bridgehead atoms. The van der Waals surface area contributed by atoms with Crippen molar-refractivity contribution in [2.45, 2.75) is 25.2 Å². The van der Waals surface area contributed by atoms with Crippen LogP contribution in [0.1, 0.15) is 46.6 Å². The van der Waals surface area contributed by atoms with Crippen LogP contribution in [0.4, 0.5) is 5.69 Å². The number of rotatable bonds is 6. The SMILES string of the molecule is CCc1ccccc1NC(=O)COC(=O)CN1C(=O)[C@H]2C3c4ccccc4C(c4ccccc43)[C@@H]2C1=O. The Morgan fingerprint density at radius 3 is 1.78 bits per heavy atom. The number of anilines is 1. The molecular formula is C30H26N2O5. The second-order valence-corrected chi connectivity index (χ2v) is 9.75. The Kier molecular flexibility index (Phi) is 5.63. The monoisotopic (exact) mass is 494 g/mol. The third-order valence-corrected chi connectivity index (χ3v) is 7.86. The first-order valence-electron chi connectivity index (χ1n) is 12.6. The largest absolute Gasteiger partial charge is 0.454 e. The number of nitrogens with zero attached hydrogens (tertiary/aromatic N) is 1. The summed E-state index contributed by atoms with van der Waals surface area (Å²) < 4.78 is 5.16. The molecule has 7 nitrogen and oxygen atoms in total. The Morgan fingerprint density at radius 2 is 1.27 bits per heavy atom. The summed E-state index contributed by atoms with van der Waals surface area (Å²) in [5, 5.41) is 2.75. The molecule has 1 N–H and O–H groups in total. The molecule has 3 aromatic carbocycles. The van der Waals surface area contributed by atoms with Gasteiger partial charge >= 0.3 is 5.97 Å². The quantitative estimate of drug-likeness (QED) is 0.417. The Morgan fingerprint density at radius 1 is 0.784 bits per heavy atom. The highest BCUT2D eigenvalue weighted by atomic mass is 16.5. The number of nitrogens with one attached hydrogen (secondary N) is 1. The Labute approximate surface area is 214 Å². The van der Waals surface area contributed by atoms with E-state index in [1.54, 1.807) is 6.07 Å². The molecule has 1 saturated heterocycles. The van der Waals surface area contributed by atoms with Crippen LogP contribution in [0.3, 0.4) is 0 Å². The van der Waals surface area contributed by atoms with Gasteiger partial charge in [-0.1, -0.05) is 73.7 Å². The second kappa shape index (κ2) is 9.00. The van der Waals surface area contributed by atoms with Gasteiger partial charge in [-0.05, 0) is 40.3 Å². The lowest BCUT2D eigenvalue weighted by Gasteiger charge is -2.45. The summed E-state index contributed by atoms with van der Waals surface area (Å²) in [6, 6.07) is 23.3. The maximum absolute atomic E-state index is 13.6. The number of imide groups is 1. The van der Waals surface area contributed by atoms with Gasteiger partial charge in [0, 0.05) is 17.5 Å². The van der Waals surface area contributed by atoms with Gasteiger partial charge in [0.25, 0.3) is 5.91 Å². The molecule has 3 aliphatic carbocycles. The van der Waals surface area contributed by atoms with Crippen molar-refractivity contribution in [3.63, 3.8) is 0 Å². The molecule has 4 aliphatic rings. The zero-order chi connectivity index (χ0) is 25.7. The molecule has 186 valence electrons. The third kappa shape index (κ3) is 3.65. The highest BCUT2D eigenvalue weighted by Gasteiger charge is 2.61. The van der Waals surface area contributed by atoms with Gasteiger partial charge in [0.15, 0.2) is 6.61 Å². The number of esters is 1. The van der Waals surface area contributed by atoms with Crippen molar-refractivity contribution in [2.24, 2.45) is 11.8 Å².